The molecule has 2 aromatic rings. The zero-order valence-corrected chi connectivity index (χ0v) is 19.8. The van der Waals surface area contributed by atoms with Gasteiger partial charge in [0, 0.05) is 43.0 Å². The molecular weight excluding hydrogens is 436 g/mol. The van der Waals surface area contributed by atoms with E-state index in [0.29, 0.717) is 23.8 Å². The zero-order valence-electron chi connectivity index (χ0n) is 19.0. The molecule has 32 heavy (non-hydrogen) atoms. The van der Waals surface area contributed by atoms with Gasteiger partial charge in [-0.05, 0) is 45.2 Å². The van der Waals surface area contributed by atoms with Gasteiger partial charge in [0.15, 0.2) is 11.5 Å². The molecule has 1 fully saturated rings. The van der Waals surface area contributed by atoms with E-state index in [0.717, 1.165) is 29.7 Å². The number of hydrogen-bond acceptors (Lipinski definition) is 8. The Morgan fingerprint density at radius 2 is 1.84 bits per heavy atom. The highest BCUT2D eigenvalue weighted by atomic mass is 32.2. The second-order valence-corrected chi connectivity index (χ2v) is 10.1. The summed E-state index contributed by atoms with van der Waals surface area (Å²) in [6, 6.07) is 5.72. The average Bonchev–Trinajstić information content (AvgIpc) is 2.66. The van der Waals surface area contributed by atoms with Crippen LogP contribution in [0.25, 0.3) is 10.9 Å². The van der Waals surface area contributed by atoms with Crippen molar-refractivity contribution in [1.82, 2.24) is 14.4 Å². The number of methoxy groups -OCH3 is 2. The normalized spacial score (nSPS) is 14.7. The van der Waals surface area contributed by atoms with E-state index in [9.17, 15) is 13.2 Å². The summed E-state index contributed by atoms with van der Waals surface area (Å²) in [7, 11) is -0.781. The van der Waals surface area contributed by atoms with E-state index in [-0.39, 0.29) is 6.54 Å². The van der Waals surface area contributed by atoms with Gasteiger partial charge < -0.3 is 19.1 Å². The number of hydrogen-bond donors (Lipinski definition) is 2. The summed E-state index contributed by atoms with van der Waals surface area (Å²) in [5.74, 6) is 1.58. The van der Waals surface area contributed by atoms with Crippen LogP contribution in [0.4, 0.5) is 10.5 Å². The number of carbonyl (C=O) groups is 1. The third-order valence-electron chi connectivity index (χ3n) is 4.98. The van der Waals surface area contributed by atoms with Crippen molar-refractivity contribution in [3.63, 3.8) is 0 Å². The molecule has 1 saturated heterocycles. The Hall–Kier alpha value is -2.79. The van der Waals surface area contributed by atoms with E-state index in [1.54, 1.807) is 41.2 Å². The number of nitrogens with zero attached hydrogens (tertiary/aromatic N) is 2. The van der Waals surface area contributed by atoms with Crippen molar-refractivity contribution in [2.24, 2.45) is 5.92 Å². The van der Waals surface area contributed by atoms with Crippen molar-refractivity contribution in [2.75, 3.05) is 38.8 Å². The van der Waals surface area contributed by atoms with Crippen LogP contribution in [-0.2, 0) is 14.9 Å². The van der Waals surface area contributed by atoms with Gasteiger partial charge in [-0.3, -0.25) is 4.98 Å². The highest BCUT2D eigenvalue weighted by molar-refractivity contribution is 7.88. The number of aromatic nitrogens is 1. The summed E-state index contributed by atoms with van der Waals surface area (Å²) in [4.78, 5) is 18.3. The number of amides is 1. The molecule has 0 radical (unpaired) electrons. The van der Waals surface area contributed by atoms with Gasteiger partial charge in [0.2, 0.25) is 0 Å². The second-order valence-electron chi connectivity index (χ2n) is 8.62. The van der Waals surface area contributed by atoms with Crippen molar-refractivity contribution in [3.05, 3.63) is 24.4 Å². The molecule has 1 amide bonds. The minimum Gasteiger partial charge on any atom is -0.493 e. The summed E-state index contributed by atoms with van der Waals surface area (Å²) >= 11 is 0. The molecule has 1 aromatic carbocycles. The lowest BCUT2D eigenvalue weighted by Crippen LogP contribution is -2.49. The molecule has 176 valence electrons. The largest absolute Gasteiger partial charge is 0.493 e. The van der Waals surface area contributed by atoms with Crippen LogP contribution in [0.15, 0.2) is 24.4 Å². The summed E-state index contributed by atoms with van der Waals surface area (Å²) in [6.45, 7) is 6.77. The van der Waals surface area contributed by atoms with Gasteiger partial charge in [0.25, 0.3) is 0 Å². The molecule has 0 unspecified atom stereocenters. The van der Waals surface area contributed by atoms with Crippen molar-refractivity contribution in [1.29, 1.82) is 0 Å². The lowest BCUT2D eigenvalue weighted by molar-refractivity contribution is 0.0569. The fraction of sp³-hybridized carbons (Fsp3) is 0.524. The molecule has 0 bridgehead atoms. The first kappa shape index (κ1) is 23.9. The van der Waals surface area contributed by atoms with Crippen LogP contribution in [-0.4, -0.2) is 58.9 Å². The fourth-order valence-corrected chi connectivity index (χ4v) is 4.25. The lowest BCUT2D eigenvalue weighted by atomic mass is 9.95. The van der Waals surface area contributed by atoms with Gasteiger partial charge in [0.1, 0.15) is 5.60 Å². The van der Waals surface area contributed by atoms with Crippen LogP contribution < -0.4 is 23.8 Å². The van der Waals surface area contributed by atoms with E-state index in [1.807, 2.05) is 22.9 Å². The van der Waals surface area contributed by atoms with Crippen LogP contribution in [0, 0.1) is 5.92 Å². The van der Waals surface area contributed by atoms with Crippen molar-refractivity contribution in [3.8, 4) is 11.5 Å². The number of pyridine rings is 1. The van der Waals surface area contributed by atoms with Gasteiger partial charge in [-0.25, -0.2) is 9.52 Å². The Morgan fingerprint density at radius 1 is 1.19 bits per heavy atom. The molecule has 2 heterocycles. The SMILES string of the molecule is COc1cc2nccc(N3CC(CCNS(=O)(=O)NC(=O)OC(C)(C)C)C3)c2cc1OC. The maximum atomic E-state index is 12.0. The Balaban J connectivity index is 1.53. The predicted molar refractivity (Wildman–Crippen MR) is 121 cm³/mol. The second kappa shape index (κ2) is 9.37. The third kappa shape index (κ3) is 5.92. The lowest BCUT2D eigenvalue weighted by Gasteiger charge is -2.41. The molecule has 0 atom stereocenters. The van der Waals surface area contributed by atoms with Crippen LogP contribution in [0.2, 0.25) is 0 Å². The number of nitrogens with one attached hydrogen (secondary N) is 2. The number of carbonyl (C=O) groups excluding carboxylic acids is 1. The maximum Gasteiger partial charge on any atom is 0.422 e. The molecule has 1 aliphatic rings. The monoisotopic (exact) mass is 466 g/mol. The average molecular weight is 467 g/mol. The molecule has 0 spiro atoms. The van der Waals surface area contributed by atoms with E-state index in [2.05, 4.69) is 14.6 Å². The summed E-state index contributed by atoms with van der Waals surface area (Å²) < 4.78 is 44.0. The third-order valence-corrected chi connectivity index (χ3v) is 6.00. The molecule has 2 N–H and O–H groups in total. The summed E-state index contributed by atoms with van der Waals surface area (Å²) in [5.41, 5.74) is 1.07. The summed E-state index contributed by atoms with van der Waals surface area (Å²) in [5, 5.41) is 0.964. The Kier molecular flexibility index (Phi) is 6.99. The maximum absolute atomic E-state index is 12.0. The fourth-order valence-electron chi connectivity index (χ4n) is 3.53. The minimum absolute atomic E-state index is 0.221. The minimum atomic E-state index is -3.96. The highest BCUT2D eigenvalue weighted by Gasteiger charge is 2.29. The van der Waals surface area contributed by atoms with Gasteiger partial charge in [-0.15, -0.1) is 0 Å². The summed E-state index contributed by atoms with van der Waals surface area (Å²) in [6.07, 6.45) is 1.40. The van der Waals surface area contributed by atoms with Crippen LogP contribution in [0.5, 0.6) is 11.5 Å². The van der Waals surface area contributed by atoms with E-state index >= 15 is 0 Å². The highest BCUT2D eigenvalue weighted by Crippen LogP contribution is 2.37. The standard InChI is InChI=1S/C21H30N4O6S/c1-21(2,3)31-20(26)24-32(27,28)23-9-6-14-12-25(13-14)17-7-8-22-16-11-19(30-5)18(29-4)10-15(16)17/h7-8,10-11,14,23H,6,9,12-13H2,1-5H3,(H,24,26). The Labute approximate surface area is 188 Å². The molecule has 1 aliphatic heterocycles. The van der Waals surface area contributed by atoms with Crippen LogP contribution >= 0.6 is 0 Å². The van der Waals surface area contributed by atoms with Crippen LogP contribution in [0.3, 0.4) is 0 Å². The number of benzene rings is 1. The molecule has 1 aromatic heterocycles. The molecule has 11 heteroatoms. The van der Waals surface area contributed by atoms with Crippen molar-refractivity contribution >= 4 is 32.9 Å². The quantitative estimate of drug-likeness (QED) is 0.609. The number of anilines is 1. The van der Waals surface area contributed by atoms with Crippen LogP contribution in [0.1, 0.15) is 27.2 Å². The van der Waals surface area contributed by atoms with E-state index < -0.39 is 21.9 Å². The zero-order chi connectivity index (χ0) is 23.5. The number of ether oxygens (including phenoxy) is 3. The number of rotatable bonds is 8. The first-order chi connectivity index (χ1) is 15.0. The topological polar surface area (TPSA) is 119 Å². The van der Waals surface area contributed by atoms with Gasteiger partial charge >= 0.3 is 16.3 Å². The van der Waals surface area contributed by atoms with E-state index in [1.165, 1.54) is 0 Å². The molecule has 0 saturated carbocycles. The van der Waals surface area contributed by atoms with Gasteiger partial charge in [-0.2, -0.15) is 13.1 Å². The van der Waals surface area contributed by atoms with E-state index in [4.69, 9.17) is 14.2 Å². The molecule has 0 aliphatic carbocycles. The Bertz CT molecular complexity index is 1080. The Morgan fingerprint density at radius 3 is 2.47 bits per heavy atom. The molecule has 3 rings (SSSR count). The first-order valence-corrected chi connectivity index (χ1v) is 11.8. The van der Waals surface area contributed by atoms with Gasteiger partial charge in [0.05, 0.1) is 19.7 Å². The van der Waals surface area contributed by atoms with Gasteiger partial charge in [-0.1, -0.05) is 0 Å². The molecule has 10 nitrogen and oxygen atoms in total. The van der Waals surface area contributed by atoms with Crippen molar-refractivity contribution in [2.45, 2.75) is 32.8 Å². The predicted octanol–water partition coefficient (Wildman–Crippen LogP) is 2.44. The molecular formula is C21H30N4O6S. The first-order valence-electron chi connectivity index (χ1n) is 10.3. The smallest absolute Gasteiger partial charge is 0.422 e. The van der Waals surface area contributed by atoms with Crippen molar-refractivity contribution < 1.29 is 27.4 Å². The number of fused-ring (bicyclic) bond motifs is 1.